The Balaban J connectivity index is 2.23. The van der Waals surface area contributed by atoms with Crippen LogP contribution in [-0.4, -0.2) is 44.4 Å². The minimum atomic E-state index is -0.137. The number of ether oxygens (including phenoxy) is 2. The van der Waals surface area contributed by atoms with Crippen molar-refractivity contribution >= 4 is 5.91 Å². The van der Waals surface area contributed by atoms with Crippen LogP contribution in [0.4, 0.5) is 0 Å². The fourth-order valence-electron chi connectivity index (χ4n) is 1.57. The first-order valence-electron chi connectivity index (χ1n) is 5.33. The lowest BCUT2D eigenvalue weighted by atomic mass is 9.92. The van der Waals surface area contributed by atoms with Gasteiger partial charge in [-0.3, -0.25) is 4.79 Å². The second-order valence-corrected chi connectivity index (χ2v) is 4.06. The molecule has 3 N–H and O–H groups in total. The highest BCUT2D eigenvalue weighted by Gasteiger charge is 2.28. The summed E-state index contributed by atoms with van der Waals surface area (Å²) in [6, 6.07) is 0. The summed E-state index contributed by atoms with van der Waals surface area (Å²) in [5.74, 6) is -0.0761. The molecule has 0 bridgehead atoms. The Kier molecular flexibility index (Phi) is 5.01. The molecular weight excluding hydrogens is 196 g/mol. The summed E-state index contributed by atoms with van der Waals surface area (Å²) in [4.78, 5) is 11.5. The van der Waals surface area contributed by atoms with Crippen molar-refractivity contribution in [3.05, 3.63) is 0 Å². The van der Waals surface area contributed by atoms with Crippen molar-refractivity contribution in [3.63, 3.8) is 0 Å². The first-order valence-corrected chi connectivity index (χ1v) is 5.33. The van der Waals surface area contributed by atoms with Crippen molar-refractivity contribution in [2.45, 2.75) is 25.3 Å². The zero-order valence-corrected chi connectivity index (χ0v) is 9.25. The van der Waals surface area contributed by atoms with Gasteiger partial charge >= 0.3 is 0 Å². The molecule has 1 aliphatic rings. The van der Waals surface area contributed by atoms with Crippen LogP contribution in [0.25, 0.3) is 0 Å². The molecule has 0 radical (unpaired) electrons. The molecule has 1 saturated heterocycles. The van der Waals surface area contributed by atoms with Gasteiger partial charge < -0.3 is 20.5 Å². The number of nitrogens with two attached hydrogens (primary N) is 1. The van der Waals surface area contributed by atoms with Crippen molar-refractivity contribution < 1.29 is 14.3 Å². The Labute approximate surface area is 90.3 Å². The number of rotatable bonds is 5. The number of hydrogen-bond acceptors (Lipinski definition) is 4. The third-order valence-corrected chi connectivity index (χ3v) is 2.53. The van der Waals surface area contributed by atoms with Crippen molar-refractivity contribution in [1.29, 1.82) is 0 Å². The number of carbonyl (C=O) groups excluding carboxylic acids is 1. The smallest absolute Gasteiger partial charge is 0.246 e. The molecular formula is C10H20N2O3. The summed E-state index contributed by atoms with van der Waals surface area (Å²) in [5.41, 5.74) is 5.11. The van der Waals surface area contributed by atoms with Gasteiger partial charge in [0.1, 0.15) is 6.61 Å². The lowest BCUT2D eigenvalue weighted by molar-refractivity contribution is -0.128. The fraction of sp³-hybridized carbons (Fsp3) is 0.900. The average molecular weight is 216 g/mol. The highest BCUT2D eigenvalue weighted by molar-refractivity contribution is 5.78. The summed E-state index contributed by atoms with van der Waals surface area (Å²) < 4.78 is 10.3. The topological polar surface area (TPSA) is 73.6 Å². The van der Waals surface area contributed by atoms with Crippen molar-refractivity contribution in [3.8, 4) is 0 Å². The highest BCUT2D eigenvalue weighted by Crippen LogP contribution is 2.19. The van der Waals surface area contributed by atoms with Crippen LogP contribution >= 0.6 is 0 Å². The SMILES string of the molecule is CC1(NC(=O)COCCN)CCOCC1. The Morgan fingerprint density at radius 1 is 1.53 bits per heavy atom. The van der Waals surface area contributed by atoms with E-state index in [2.05, 4.69) is 5.32 Å². The summed E-state index contributed by atoms with van der Waals surface area (Å²) in [6.07, 6.45) is 1.71. The quantitative estimate of drug-likeness (QED) is 0.616. The first-order chi connectivity index (χ1) is 7.16. The maximum absolute atomic E-state index is 11.5. The second-order valence-electron chi connectivity index (χ2n) is 4.06. The Hall–Kier alpha value is -0.650. The minimum absolute atomic E-state index is 0.0761. The van der Waals surface area contributed by atoms with Gasteiger partial charge in [0, 0.05) is 25.3 Å². The molecule has 0 atom stereocenters. The maximum atomic E-state index is 11.5. The minimum Gasteiger partial charge on any atom is -0.381 e. The molecule has 0 saturated carbocycles. The number of amides is 1. The maximum Gasteiger partial charge on any atom is 0.246 e. The summed E-state index contributed by atoms with van der Waals surface area (Å²) in [5, 5.41) is 2.97. The van der Waals surface area contributed by atoms with Crippen LogP contribution in [0.2, 0.25) is 0 Å². The summed E-state index contributed by atoms with van der Waals surface area (Å²) in [6.45, 7) is 4.41. The highest BCUT2D eigenvalue weighted by atomic mass is 16.5. The Bertz CT molecular complexity index is 203. The van der Waals surface area contributed by atoms with E-state index in [1.54, 1.807) is 0 Å². The monoisotopic (exact) mass is 216 g/mol. The van der Waals surface area contributed by atoms with Crippen LogP contribution < -0.4 is 11.1 Å². The molecule has 1 aliphatic heterocycles. The number of carbonyl (C=O) groups is 1. The molecule has 0 spiro atoms. The normalized spacial score (nSPS) is 19.9. The zero-order valence-electron chi connectivity index (χ0n) is 9.25. The first kappa shape index (κ1) is 12.4. The van der Waals surface area contributed by atoms with Gasteiger partial charge in [0.25, 0.3) is 0 Å². The molecule has 1 amide bonds. The van der Waals surface area contributed by atoms with Crippen LogP contribution in [0, 0.1) is 0 Å². The lowest BCUT2D eigenvalue weighted by Gasteiger charge is -2.34. The molecule has 5 nitrogen and oxygen atoms in total. The van der Waals surface area contributed by atoms with Crippen LogP contribution in [0.5, 0.6) is 0 Å². The van der Waals surface area contributed by atoms with Gasteiger partial charge in [-0.1, -0.05) is 0 Å². The predicted octanol–water partition coefficient (Wildman–Crippen LogP) is -0.353. The van der Waals surface area contributed by atoms with E-state index >= 15 is 0 Å². The third kappa shape index (κ3) is 4.59. The van der Waals surface area contributed by atoms with E-state index in [-0.39, 0.29) is 18.1 Å². The average Bonchev–Trinajstić information content (AvgIpc) is 2.18. The van der Waals surface area contributed by atoms with E-state index in [4.69, 9.17) is 15.2 Å². The molecule has 0 aromatic heterocycles. The number of hydrogen-bond donors (Lipinski definition) is 2. The van der Waals surface area contributed by atoms with E-state index in [1.165, 1.54) is 0 Å². The molecule has 0 aromatic carbocycles. The molecule has 0 unspecified atom stereocenters. The van der Waals surface area contributed by atoms with Crippen LogP contribution in [-0.2, 0) is 14.3 Å². The van der Waals surface area contributed by atoms with Gasteiger partial charge in [0.15, 0.2) is 0 Å². The van der Waals surface area contributed by atoms with Crippen LogP contribution in [0.1, 0.15) is 19.8 Å². The van der Waals surface area contributed by atoms with Gasteiger partial charge in [-0.05, 0) is 19.8 Å². The molecule has 1 rings (SSSR count). The van der Waals surface area contributed by atoms with Crippen molar-refractivity contribution in [2.75, 3.05) is 33.0 Å². The van der Waals surface area contributed by atoms with Gasteiger partial charge in [-0.2, -0.15) is 0 Å². The molecule has 5 heteroatoms. The van der Waals surface area contributed by atoms with Gasteiger partial charge in [-0.15, -0.1) is 0 Å². The van der Waals surface area contributed by atoms with E-state index in [1.807, 2.05) is 6.92 Å². The predicted molar refractivity (Wildman–Crippen MR) is 56.5 cm³/mol. The van der Waals surface area contributed by atoms with E-state index in [0.29, 0.717) is 26.4 Å². The summed E-state index contributed by atoms with van der Waals surface area (Å²) >= 11 is 0. The molecule has 0 aliphatic carbocycles. The molecule has 88 valence electrons. The van der Waals surface area contributed by atoms with E-state index < -0.39 is 0 Å². The van der Waals surface area contributed by atoms with Gasteiger partial charge in [-0.25, -0.2) is 0 Å². The molecule has 1 heterocycles. The van der Waals surface area contributed by atoms with Gasteiger partial charge in [0.05, 0.1) is 6.61 Å². The standard InChI is InChI=1S/C10H20N2O3/c1-10(2-5-14-6-3-10)12-9(13)8-15-7-4-11/h2-8,11H2,1H3,(H,12,13). The van der Waals surface area contributed by atoms with Crippen molar-refractivity contribution in [2.24, 2.45) is 5.73 Å². The van der Waals surface area contributed by atoms with Crippen LogP contribution in [0.3, 0.4) is 0 Å². The van der Waals surface area contributed by atoms with Gasteiger partial charge in [0.2, 0.25) is 5.91 Å². The third-order valence-electron chi connectivity index (χ3n) is 2.53. The van der Waals surface area contributed by atoms with Crippen LogP contribution in [0.15, 0.2) is 0 Å². The second kappa shape index (κ2) is 6.05. The molecule has 1 fully saturated rings. The Morgan fingerprint density at radius 3 is 2.80 bits per heavy atom. The van der Waals surface area contributed by atoms with E-state index in [0.717, 1.165) is 12.8 Å². The largest absolute Gasteiger partial charge is 0.381 e. The fourth-order valence-corrected chi connectivity index (χ4v) is 1.57. The Morgan fingerprint density at radius 2 is 2.20 bits per heavy atom. The summed E-state index contributed by atoms with van der Waals surface area (Å²) in [7, 11) is 0. The lowest BCUT2D eigenvalue weighted by Crippen LogP contribution is -2.50. The zero-order chi connectivity index (χ0) is 11.1. The number of nitrogens with one attached hydrogen (secondary N) is 1. The van der Waals surface area contributed by atoms with Crippen molar-refractivity contribution in [1.82, 2.24) is 5.32 Å². The molecule has 0 aromatic rings. The van der Waals surface area contributed by atoms with E-state index in [9.17, 15) is 4.79 Å². The molecule has 15 heavy (non-hydrogen) atoms.